The zero-order chi connectivity index (χ0) is 23.0. The Balaban J connectivity index is 2.48. The summed E-state index contributed by atoms with van der Waals surface area (Å²) in [7, 11) is -3.29. The van der Waals surface area contributed by atoms with Gasteiger partial charge in [-0.25, -0.2) is 0 Å². The van der Waals surface area contributed by atoms with E-state index >= 15 is 0 Å². The number of anilines is 1. The maximum Gasteiger partial charge on any atom is 0.349 e. The van der Waals surface area contributed by atoms with Crippen molar-refractivity contribution in [3.63, 3.8) is 0 Å². The molecule has 0 spiro atoms. The topological polar surface area (TPSA) is 59.0 Å². The van der Waals surface area contributed by atoms with Crippen molar-refractivity contribution >= 4 is 13.3 Å². The molecule has 172 valence electrons. The van der Waals surface area contributed by atoms with Gasteiger partial charge in [0.25, 0.3) is 0 Å². The molecular weight excluding hydrogens is 409 g/mol. The molecule has 0 unspecified atom stereocenters. The number of benzene rings is 2. The lowest BCUT2D eigenvalue weighted by Gasteiger charge is -2.30. The Bertz CT molecular complexity index is 828. The average molecular weight is 448 g/mol. The first kappa shape index (κ1) is 25.5. The van der Waals surface area contributed by atoms with Crippen molar-refractivity contribution in [3.05, 3.63) is 59.2 Å². The highest BCUT2D eigenvalue weighted by atomic mass is 31.2. The molecule has 0 saturated carbocycles. The van der Waals surface area contributed by atoms with Crippen LogP contribution >= 0.6 is 7.60 Å². The lowest BCUT2D eigenvalue weighted by molar-refractivity contribution is 0.220. The second-order valence-electron chi connectivity index (χ2n) is 8.37. The van der Waals surface area contributed by atoms with E-state index in [0.29, 0.717) is 25.5 Å². The maximum atomic E-state index is 13.4. The standard InChI is InChI=1S/C25H38NO4P/c1-7-29-31(28,30-8-2)18-26(15-14-21-12-10-9-11-13-21)22-16-23(19(3)4)25(27)24(17-22)20(5)6/h9-13,16-17,19-20,27H,7-8,14-15,18H2,1-6H3. The van der Waals surface area contributed by atoms with Gasteiger partial charge in [0.1, 0.15) is 12.0 Å². The Labute approximate surface area is 187 Å². The number of rotatable bonds is 12. The highest BCUT2D eigenvalue weighted by Crippen LogP contribution is 2.50. The molecule has 6 heteroatoms. The van der Waals surface area contributed by atoms with Crippen LogP contribution in [0, 0.1) is 0 Å². The fourth-order valence-electron chi connectivity index (χ4n) is 3.64. The van der Waals surface area contributed by atoms with E-state index in [1.54, 1.807) is 0 Å². The number of hydrogen-bond donors (Lipinski definition) is 1. The minimum absolute atomic E-state index is 0.166. The summed E-state index contributed by atoms with van der Waals surface area (Å²) in [5.41, 5.74) is 3.94. The van der Waals surface area contributed by atoms with E-state index in [2.05, 4.69) is 44.7 Å². The van der Waals surface area contributed by atoms with Crippen molar-refractivity contribution in [2.75, 3.05) is 30.9 Å². The number of nitrogens with zero attached hydrogens (tertiary/aromatic N) is 1. The van der Waals surface area contributed by atoms with Crippen LogP contribution in [0.4, 0.5) is 5.69 Å². The minimum atomic E-state index is -3.29. The molecule has 31 heavy (non-hydrogen) atoms. The van der Waals surface area contributed by atoms with Crippen LogP contribution in [0.3, 0.4) is 0 Å². The van der Waals surface area contributed by atoms with E-state index in [9.17, 15) is 9.67 Å². The normalized spacial score (nSPS) is 12.0. The van der Waals surface area contributed by atoms with Crippen molar-refractivity contribution in [1.82, 2.24) is 0 Å². The fraction of sp³-hybridized carbons (Fsp3) is 0.520. The third-order valence-electron chi connectivity index (χ3n) is 5.27. The molecule has 2 aromatic rings. The van der Waals surface area contributed by atoms with Crippen LogP contribution in [0.1, 0.15) is 70.1 Å². The summed E-state index contributed by atoms with van der Waals surface area (Å²) in [5.74, 6) is 0.688. The van der Waals surface area contributed by atoms with E-state index in [0.717, 1.165) is 23.2 Å². The van der Waals surface area contributed by atoms with Crippen molar-refractivity contribution in [1.29, 1.82) is 0 Å². The molecule has 0 aromatic heterocycles. The quantitative estimate of drug-likeness (QED) is 0.358. The molecule has 2 aromatic carbocycles. The zero-order valence-corrected chi connectivity index (χ0v) is 20.7. The third kappa shape index (κ3) is 7.10. The Morgan fingerprint density at radius 1 is 0.935 bits per heavy atom. The van der Waals surface area contributed by atoms with Crippen molar-refractivity contribution < 1.29 is 18.7 Å². The molecule has 0 saturated heterocycles. The molecule has 0 bridgehead atoms. The average Bonchev–Trinajstić information content (AvgIpc) is 2.72. The summed E-state index contributed by atoms with van der Waals surface area (Å²) >= 11 is 0. The van der Waals surface area contributed by atoms with Crippen molar-refractivity contribution in [2.45, 2.75) is 59.8 Å². The van der Waals surface area contributed by atoms with Gasteiger partial charge in [-0.3, -0.25) is 4.57 Å². The van der Waals surface area contributed by atoms with Crippen LogP contribution in [0.15, 0.2) is 42.5 Å². The van der Waals surface area contributed by atoms with Gasteiger partial charge in [-0.05, 0) is 60.9 Å². The smallest absolute Gasteiger partial charge is 0.349 e. The van der Waals surface area contributed by atoms with Gasteiger partial charge in [-0.15, -0.1) is 0 Å². The lowest BCUT2D eigenvalue weighted by atomic mass is 9.93. The molecule has 0 aliphatic rings. The molecule has 2 rings (SSSR count). The van der Waals surface area contributed by atoms with E-state index < -0.39 is 7.60 Å². The highest BCUT2D eigenvalue weighted by molar-refractivity contribution is 7.53. The second-order valence-corrected chi connectivity index (χ2v) is 10.4. The van der Waals surface area contributed by atoms with Gasteiger partial charge in [-0.1, -0.05) is 58.0 Å². The summed E-state index contributed by atoms with van der Waals surface area (Å²) in [6.07, 6.45) is 0.968. The lowest BCUT2D eigenvalue weighted by Crippen LogP contribution is -2.28. The Kier molecular flexibility index (Phi) is 9.61. The zero-order valence-electron chi connectivity index (χ0n) is 19.8. The summed E-state index contributed by atoms with van der Waals surface area (Å²) in [6, 6.07) is 14.3. The molecular formula is C25H38NO4P. The summed E-state index contributed by atoms with van der Waals surface area (Å²) in [4.78, 5) is 2.08. The largest absolute Gasteiger partial charge is 0.507 e. The predicted molar refractivity (Wildman–Crippen MR) is 130 cm³/mol. The first-order chi connectivity index (χ1) is 14.7. The predicted octanol–water partition coefficient (Wildman–Crippen LogP) is 6.91. The van der Waals surface area contributed by atoms with Gasteiger partial charge in [0.15, 0.2) is 0 Å². The van der Waals surface area contributed by atoms with Gasteiger partial charge < -0.3 is 19.1 Å². The summed E-state index contributed by atoms with van der Waals surface area (Å²) < 4.78 is 24.6. The van der Waals surface area contributed by atoms with Crippen LogP contribution in [-0.4, -0.2) is 31.2 Å². The van der Waals surface area contributed by atoms with Gasteiger partial charge in [0, 0.05) is 12.2 Å². The first-order valence-electron chi connectivity index (χ1n) is 11.2. The molecule has 0 aliphatic carbocycles. The van der Waals surface area contributed by atoms with Crippen LogP contribution in [-0.2, 0) is 20.0 Å². The Morgan fingerprint density at radius 3 is 1.90 bits per heavy atom. The molecule has 0 atom stereocenters. The molecule has 0 fully saturated rings. The number of phenolic OH excluding ortho intramolecular Hbond substituents is 1. The maximum absolute atomic E-state index is 13.4. The van der Waals surface area contributed by atoms with E-state index in [1.807, 2.05) is 44.2 Å². The fourth-order valence-corrected chi connectivity index (χ4v) is 5.39. The van der Waals surface area contributed by atoms with Gasteiger partial charge >= 0.3 is 7.60 Å². The number of aromatic hydroxyl groups is 1. The molecule has 0 heterocycles. The number of phenols is 1. The van der Waals surface area contributed by atoms with E-state index in [1.165, 1.54) is 5.56 Å². The van der Waals surface area contributed by atoms with Crippen LogP contribution in [0.5, 0.6) is 5.75 Å². The van der Waals surface area contributed by atoms with Crippen LogP contribution in [0.25, 0.3) is 0 Å². The molecule has 1 N–H and O–H groups in total. The summed E-state index contributed by atoms with van der Waals surface area (Å²) in [6.45, 7) is 13.3. The van der Waals surface area contributed by atoms with Gasteiger partial charge in [0.2, 0.25) is 0 Å². The summed E-state index contributed by atoms with van der Waals surface area (Å²) in [5, 5.41) is 10.8. The monoisotopic (exact) mass is 447 g/mol. The Morgan fingerprint density at radius 2 is 1.45 bits per heavy atom. The van der Waals surface area contributed by atoms with Crippen molar-refractivity contribution in [3.8, 4) is 5.75 Å². The second kappa shape index (κ2) is 11.7. The van der Waals surface area contributed by atoms with E-state index in [4.69, 9.17) is 9.05 Å². The first-order valence-corrected chi connectivity index (χ1v) is 13.0. The SMILES string of the molecule is CCOP(=O)(CN(CCc1ccccc1)c1cc(C(C)C)c(O)c(C(C)C)c1)OCC. The van der Waals surface area contributed by atoms with Crippen LogP contribution in [0.2, 0.25) is 0 Å². The molecule has 0 aliphatic heterocycles. The van der Waals surface area contributed by atoms with E-state index in [-0.39, 0.29) is 18.1 Å². The third-order valence-corrected chi connectivity index (χ3v) is 7.26. The Hall–Kier alpha value is -1.81. The molecule has 0 radical (unpaired) electrons. The van der Waals surface area contributed by atoms with Crippen LogP contribution < -0.4 is 4.90 Å². The van der Waals surface area contributed by atoms with Crippen molar-refractivity contribution in [2.24, 2.45) is 0 Å². The number of hydrogen-bond acceptors (Lipinski definition) is 5. The van der Waals surface area contributed by atoms with Gasteiger partial charge in [0.05, 0.1) is 13.2 Å². The molecule has 5 nitrogen and oxygen atoms in total. The highest BCUT2D eigenvalue weighted by Gasteiger charge is 2.28. The minimum Gasteiger partial charge on any atom is -0.507 e. The van der Waals surface area contributed by atoms with Gasteiger partial charge in [-0.2, -0.15) is 0 Å². The molecule has 0 amide bonds.